The number of hydrogen-bond donors (Lipinski definition) is 0. The fourth-order valence-electron chi connectivity index (χ4n) is 7.27. The van der Waals surface area contributed by atoms with Crippen LogP contribution in [-0.2, 0) is 9.53 Å². The summed E-state index contributed by atoms with van der Waals surface area (Å²) in [4.78, 5) is 47.5. The van der Waals surface area contributed by atoms with E-state index in [0.29, 0.717) is 49.3 Å². The number of carbonyl (C=O) groups is 3. The number of carbonyl (C=O) groups excluding carboxylic acids is 3. The van der Waals surface area contributed by atoms with Crippen molar-refractivity contribution in [1.29, 1.82) is 0 Å². The van der Waals surface area contributed by atoms with Crippen molar-refractivity contribution in [3.63, 3.8) is 0 Å². The van der Waals surface area contributed by atoms with E-state index in [4.69, 9.17) is 16.3 Å². The number of likely N-dealkylation sites (tertiary alicyclic amines) is 3. The van der Waals surface area contributed by atoms with Gasteiger partial charge in [0.15, 0.2) is 0 Å². The number of benzene rings is 2. The van der Waals surface area contributed by atoms with E-state index in [2.05, 4.69) is 4.90 Å². The second-order valence-electron chi connectivity index (χ2n) is 13.4. The van der Waals surface area contributed by atoms with Crippen molar-refractivity contribution in [1.82, 2.24) is 14.7 Å². The van der Waals surface area contributed by atoms with E-state index in [-0.39, 0.29) is 29.9 Å². The highest BCUT2D eigenvalue weighted by Gasteiger charge is 2.42. The van der Waals surface area contributed by atoms with Crippen LogP contribution in [0.15, 0.2) is 36.4 Å². The molecule has 3 heterocycles. The van der Waals surface area contributed by atoms with Gasteiger partial charge in [-0.1, -0.05) is 35.9 Å². The SMILES string of the molecule is Cc1ccc(N(CCCN2CC3CN(C(=O)c4c(C)cccc4C)CC3C2)C(=O)OC2CCN(C(=O)C3CC3)CC2)cc1Cl. The normalized spacial score (nSPS) is 22.3. The van der Waals surface area contributed by atoms with Gasteiger partial charge in [-0.3, -0.25) is 14.5 Å². The highest BCUT2D eigenvalue weighted by Crippen LogP contribution is 2.34. The van der Waals surface area contributed by atoms with E-state index in [1.807, 2.05) is 67.0 Å². The first-order valence-corrected chi connectivity index (χ1v) is 16.7. The van der Waals surface area contributed by atoms with Gasteiger partial charge in [0, 0.05) is 80.8 Å². The summed E-state index contributed by atoms with van der Waals surface area (Å²) in [6, 6.07) is 11.8. The number of ether oxygens (including phenoxy) is 1. The van der Waals surface area contributed by atoms with E-state index in [9.17, 15) is 14.4 Å². The molecule has 2 atom stereocenters. The monoisotopic (exact) mass is 620 g/mol. The molecule has 0 radical (unpaired) electrons. The summed E-state index contributed by atoms with van der Waals surface area (Å²) in [5, 5.41) is 0.625. The fourth-order valence-corrected chi connectivity index (χ4v) is 7.44. The Bertz CT molecular complexity index is 1370. The van der Waals surface area contributed by atoms with Gasteiger partial charge in [0.2, 0.25) is 5.91 Å². The largest absolute Gasteiger partial charge is 0.446 e. The van der Waals surface area contributed by atoms with Crippen LogP contribution in [0.3, 0.4) is 0 Å². The third kappa shape index (κ3) is 6.76. The second-order valence-corrected chi connectivity index (χ2v) is 13.8. The van der Waals surface area contributed by atoms with Crippen LogP contribution in [0.5, 0.6) is 0 Å². The molecule has 0 spiro atoms. The first-order chi connectivity index (χ1) is 21.2. The number of aryl methyl sites for hydroxylation is 3. The average molecular weight is 621 g/mol. The van der Waals surface area contributed by atoms with Gasteiger partial charge in [-0.15, -0.1) is 0 Å². The summed E-state index contributed by atoms with van der Waals surface area (Å²) in [6.45, 7) is 12.2. The zero-order chi connectivity index (χ0) is 31.0. The highest BCUT2D eigenvalue weighted by atomic mass is 35.5. The van der Waals surface area contributed by atoms with Crippen LogP contribution in [0.25, 0.3) is 0 Å². The predicted molar refractivity (Wildman–Crippen MR) is 172 cm³/mol. The maximum absolute atomic E-state index is 13.5. The molecule has 9 heteroatoms. The van der Waals surface area contributed by atoms with Gasteiger partial charge in [0.1, 0.15) is 6.10 Å². The summed E-state index contributed by atoms with van der Waals surface area (Å²) in [7, 11) is 0. The first kappa shape index (κ1) is 30.9. The number of nitrogens with zero attached hydrogens (tertiary/aromatic N) is 4. The molecule has 4 fully saturated rings. The molecule has 6 rings (SSSR count). The molecule has 0 bridgehead atoms. The molecular weight excluding hydrogens is 576 g/mol. The molecule has 2 aromatic rings. The number of hydrogen-bond acceptors (Lipinski definition) is 5. The molecule has 3 saturated heterocycles. The molecule has 1 saturated carbocycles. The standard InChI is InChI=1S/C35H45ClN4O4/c1-23-8-11-29(18-31(23)36)40(35(43)44-30-12-16-38(17-13-30)33(41)26-9-10-26)15-5-14-37-19-27-21-39(22-28(27)20-37)34(42)32-24(2)6-4-7-25(32)3/h4,6-8,11,18,26-28,30H,5,9-10,12-17,19-22H2,1-3H3. The Labute approximate surface area is 266 Å². The second kappa shape index (κ2) is 13.1. The number of anilines is 1. The van der Waals surface area contributed by atoms with Crippen molar-refractivity contribution in [3.05, 3.63) is 63.7 Å². The van der Waals surface area contributed by atoms with Gasteiger partial charge in [0.25, 0.3) is 5.91 Å². The molecule has 2 aromatic carbocycles. The number of rotatable bonds is 8. The smallest absolute Gasteiger partial charge is 0.414 e. The lowest BCUT2D eigenvalue weighted by molar-refractivity contribution is -0.134. The Morgan fingerprint density at radius 2 is 1.52 bits per heavy atom. The molecule has 1 aliphatic carbocycles. The van der Waals surface area contributed by atoms with Gasteiger partial charge >= 0.3 is 6.09 Å². The summed E-state index contributed by atoms with van der Waals surface area (Å²) in [5.74, 6) is 1.61. The Morgan fingerprint density at radius 3 is 2.14 bits per heavy atom. The van der Waals surface area contributed by atoms with Crippen LogP contribution in [-0.4, -0.2) is 91.1 Å². The van der Waals surface area contributed by atoms with Crippen LogP contribution in [0.2, 0.25) is 5.02 Å². The molecular formula is C35H45ClN4O4. The zero-order valence-electron chi connectivity index (χ0n) is 26.3. The van der Waals surface area contributed by atoms with E-state index in [1.165, 1.54) is 0 Å². The summed E-state index contributed by atoms with van der Waals surface area (Å²) in [6.07, 6.45) is 3.62. The van der Waals surface area contributed by atoms with Crippen molar-refractivity contribution >= 4 is 35.2 Å². The Balaban J connectivity index is 1.01. The molecule has 4 aliphatic rings. The number of halogens is 1. The van der Waals surface area contributed by atoms with Crippen LogP contribution in [0.1, 0.15) is 59.2 Å². The molecule has 236 valence electrons. The zero-order valence-corrected chi connectivity index (χ0v) is 27.0. The number of fused-ring (bicyclic) bond motifs is 1. The minimum Gasteiger partial charge on any atom is -0.446 e. The minimum atomic E-state index is -0.351. The fraction of sp³-hybridized carbons (Fsp3) is 0.571. The van der Waals surface area contributed by atoms with Crippen molar-refractivity contribution in [2.45, 2.75) is 59.0 Å². The third-order valence-corrected chi connectivity index (χ3v) is 10.4. The van der Waals surface area contributed by atoms with Crippen molar-refractivity contribution in [2.24, 2.45) is 17.8 Å². The van der Waals surface area contributed by atoms with Crippen molar-refractivity contribution in [2.75, 3.05) is 57.3 Å². The predicted octanol–water partition coefficient (Wildman–Crippen LogP) is 5.70. The van der Waals surface area contributed by atoms with Crippen molar-refractivity contribution < 1.29 is 19.1 Å². The molecule has 8 nitrogen and oxygen atoms in total. The summed E-state index contributed by atoms with van der Waals surface area (Å²) < 4.78 is 6.01. The van der Waals surface area contributed by atoms with E-state index in [1.54, 1.807) is 4.90 Å². The lowest BCUT2D eigenvalue weighted by Crippen LogP contribution is -2.44. The topological polar surface area (TPSA) is 73.4 Å². The van der Waals surface area contributed by atoms with E-state index >= 15 is 0 Å². The first-order valence-electron chi connectivity index (χ1n) is 16.3. The van der Waals surface area contributed by atoms with Gasteiger partial charge in [-0.25, -0.2) is 4.79 Å². The summed E-state index contributed by atoms with van der Waals surface area (Å²) in [5.41, 5.74) is 4.64. The number of amides is 3. The van der Waals surface area contributed by atoms with Crippen LogP contribution < -0.4 is 4.90 Å². The molecule has 44 heavy (non-hydrogen) atoms. The average Bonchev–Trinajstić information content (AvgIpc) is 3.67. The van der Waals surface area contributed by atoms with Crippen molar-refractivity contribution in [3.8, 4) is 0 Å². The Kier molecular flexibility index (Phi) is 9.20. The highest BCUT2D eigenvalue weighted by molar-refractivity contribution is 6.31. The van der Waals surface area contributed by atoms with Crippen LogP contribution in [0.4, 0.5) is 10.5 Å². The molecule has 0 aromatic heterocycles. The molecule has 3 aliphatic heterocycles. The van der Waals surface area contributed by atoms with Gasteiger partial charge in [-0.2, -0.15) is 0 Å². The lowest BCUT2D eigenvalue weighted by atomic mass is 10.0. The molecule has 3 amide bonds. The van der Waals surface area contributed by atoms with E-state index < -0.39 is 0 Å². The quantitative estimate of drug-likeness (QED) is 0.378. The van der Waals surface area contributed by atoms with Gasteiger partial charge in [-0.05, 0) is 87.2 Å². The van der Waals surface area contributed by atoms with Crippen LogP contribution >= 0.6 is 11.6 Å². The van der Waals surface area contributed by atoms with Gasteiger partial charge in [0.05, 0.1) is 0 Å². The number of piperidine rings is 1. The lowest BCUT2D eigenvalue weighted by Gasteiger charge is -2.33. The molecule has 2 unspecified atom stereocenters. The minimum absolute atomic E-state index is 0.160. The Morgan fingerprint density at radius 1 is 0.864 bits per heavy atom. The van der Waals surface area contributed by atoms with Gasteiger partial charge < -0.3 is 19.4 Å². The Hall–Kier alpha value is -3.10. The maximum atomic E-state index is 13.5. The van der Waals surface area contributed by atoms with E-state index in [0.717, 1.165) is 79.9 Å². The maximum Gasteiger partial charge on any atom is 0.414 e. The third-order valence-electron chi connectivity index (χ3n) is 10.0. The van der Waals surface area contributed by atoms with Crippen LogP contribution in [0, 0.1) is 38.5 Å². The summed E-state index contributed by atoms with van der Waals surface area (Å²) >= 11 is 6.46. The molecule has 0 N–H and O–H groups in total.